The van der Waals surface area contributed by atoms with Gasteiger partial charge in [-0.05, 0) is 94.8 Å². The number of carbonyl (C=O) groups is 2. The topological polar surface area (TPSA) is 137 Å². The van der Waals surface area contributed by atoms with Gasteiger partial charge >= 0.3 is 0 Å². The van der Waals surface area contributed by atoms with Crippen molar-refractivity contribution in [3.63, 3.8) is 0 Å². The predicted molar refractivity (Wildman–Crippen MR) is 251 cm³/mol. The molecule has 2 fully saturated rings. The lowest BCUT2D eigenvalue weighted by atomic mass is 9.97. The summed E-state index contributed by atoms with van der Waals surface area (Å²) in [6, 6.07) is 27.9. The first-order valence-electron chi connectivity index (χ1n) is 19.2. The molecule has 2 aliphatic rings. The Balaban J connectivity index is 0.000000264. The number of rotatable bonds is 12. The third-order valence-corrected chi connectivity index (χ3v) is 11.2. The Hall–Kier alpha value is -5.95. The molecule has 4 heterocycles. The van der Waals surface area contributed by atoms with E-state index in [0.717, 1.165) is 37.1 Å². The molecule has 2 amide bonds. The summed E-state index contributed by atoms with van der Waals surface area (Å²) in [5.41, 5.74) is 15.6. The molecule has 4 aromatic carbocycles. The van der Waals surface area contributed by atoms with Gasteiger partial charge in [-0.15, -0.1) is 12.4 Å². The zero-order valence-corrected chi connectivity index (χ0v) is 35.6. The number of anilines is 2. The van der Waals surface area contributed by atoms with Crippen molar-refractivity contribution in [2.24, 2.45) is 11.5 Å². The van der Waals surface area contributed by atoms with Gasteiger partial charge in [0.05, 0.1) is 25.3 Å². The normalized spacial score (nSPS) is 14.8. The molecule has 2 saturated heterocycles. The largest absolute Gasteiger partial charge is 0.496 e. The Morgan fingerprint density at radius 2 is 1.05 bits per heavy atom. The van der Waals surface area contributed by atoms with Crippen molar-refractivity contribution in [1.82, 2.24) is 9.97 Å². The van der Waals surface area contributed by atoms with Gasteiger partial charge in [0.15, 0.2) is 0 Å². The van der Waals surface area contributed by atoms with Crippen LogP contribution in [0.4, 0.5) is 20.4 Å². The second kappa shape index (κ2) is 21.9. The molecule has 15 heteroatoms. The first-order chi connectivity index (χ1) is 28.9. The molecule has 0 aliphatic carbocycles. The summed E-state index contributed by atoms with van der Waals surface area (Å²) in [7, 11) is 3.03. The van der Waals surface area contributed by atoms with Crippen molar-refractivity contribution in [2.45, 2.75) is 52.6 Å². The number of halogens is 5. The fourth-order valence-corrected chi connectivity index (χ4v) is 7.76. The lowest BCUT2D eigenvalue weighted by molar-refractivity contribution is -0.121. The lowest BCUT2D eigenvalue weighted by Crippen LogP contribution is -2.55. The number of carbonyl (C=O) groups excluding carboxylic acids is 2. The number of amides is 2. The van der Waals surface area contributed by atoms with Gasteiger partial charge in [0, 0.05) is 48.4 Å². The van der Waals surface area contributed by atoms with Crippen molar-refractivity contribution in [2.75, 3.05) is 37.1 Å². The van der Waals surface area contributed by atoms with Gasteiger partial charge in [0.25, 0.3) is 0 Å². The predicted octanol–water partition coefficient (Wildman–Crippen LogP) is 10.1. The molecule has 10 nitrogen and oxygen atoms in total. The second-order valence-corrected chi connectivity index (χ2v) is 15.3. The summed E-state index contributed by atoms with van der Waals surface area (Å²) in [6.45, 7) is 1.49. The van der Waals surface area contributed by atoms with Crippen LogP contribution in [0.25, 0.3) is 22.3 Å². The van der Waals surface area contributed by atoms with E-state index in [1.54, 1.807) is 85.2 Å². The molecule has 2 aromatic heterocycles. The molecular formula is C48H51Cl3F2N6O4. The summed E-state index contributed by atoms with van der Waals surface area (Å²) in [5.74, 6) is 0.896. The highest BCUT2D eigenvalue weighted by molar-refractivity contribution is 6.31. The maximum absolute atomic E-state index is 15.4. The molecule has 0 unspecified atom stereocenters. The minimum atomic E-state index is -0.350. The van der Waals surface area contributed by atoms with Gasteiger partial charge in [-0.25, -0.2) is 18.7 Å². The number of hydrogen-bond donors (Lipinski definition) is 2. The summed E-state index contributed by atoms with van der Waals surface area (Å²) in [5, 5.41) is 1.05. The Labute approximate surface area is 383 Å². The molecule has 2 aliphatic heterocycles. The molecule has 0 bridgehead atoms. The van der Waals surface area contributed by atoms with E-state index in [-0.39, 0.29) is 62.8 Å². The number of ether oxygens (including phenoxy) is 2. The molecule has 0 radical (unpaired) electrons. The number of benzene rings is 4. The number of hydrogen-bond acceptors (Lipinski definition) is 8. The Kier molecular flexibility index (Phi) is 17.3. The number of methoxy groups -OCH3 is 2. The maximum Gasteiger partial charge on any atom is 0.240 e. The standard InChI is InChI=1S/2C23H21ClFN3O2.2CH4.ClH/c2*1-30-19-7-6-16(22(25)21(19)15-3-2-4-17(24)12-15)11-14-5-8-20(27-13-14)28-10-9-18(28)23(26)29;;;/h2*2-8,12-13,18H,9-11H2,1H3,(H2,26,29);2*1H4;1H/t2*18-;;;/m00.../s1. The number of primary amides is 2. The zero-order chi connectivity index (χ0) is 42.5. The first kappa shape index (κ1) is 49.7. The van der Waals surface area contributed by atoms with E-state index in [1.165, 1.54) is 14.2 Å². The third-order valence-electron chi connectivity index (χ3n) is 10.7. The molecule has 8 rings (SSSR count). The van der Waals surface area contributed by atoms with Gasteiger partial charge in [-0.1, -0.05) is 86.6 Å². The summed E-state index contributed by atoms with van der Waals surface area (Å²) in [6.07, 6.45) is 5.62. The number of pyridine rings is 2. The van der Waals surface area contributed by atoms with E-state index in [4.69, 9.17) is 44.1 Å². The van der Waals surface area contributed by atoms with E-state index in [9.17, 15) is 9.59 Å². The van der Waals surface area contributed by atoms with Gasteiger partial charge in [-0.3, -0.25) is 9.59 Å². The molecule has 63 heavy (non-hydrogen) atoms. The van der Waals surface area contributed by atoms with Crippen molar-refractivity contribution in [1.29, 1.82) is 0 Å². The highest BCUT2D eigenvalue weighted by Crippen LogP contribution is 2.38. The van der Waals surface area contributed by atoms with E-state index in [0.29, 0.717) is 79.4 Å². The highest BCUT2D eigenvalue weighted by atomic mass is 35.5. The smallest absolute Gasteiger partial charge is 0.240 e. The molecule has 332 valence electrons. The van der Waals surface area contributed by atoms with Crippen LogP contribution < -0.4 is 30.7 Å². The third kappa shape index (κ3) is 11.0. The van der Waals surface area contributed by atoms with Crippen LogP contribution in [-0.2, 0) is 22.4 Å². The van der Waals surface area contributed by atoms with E-state index in [1.807, 2.05) is 34.1 Å². The van der Waals surface area contributed by atoms with Crippen molar-refractivity contribution in [3.8, 4) is 33.8 Å². The summed E-state index contributed by atoms with van der Waals surface area (Å²) in [4.78, 5) is 35.5. The Morgan fingerprint density at radius 1 is 0.651 bits per heavy atom. The molecule has 0 saturated carbocycles. The Morgan fingerprint density at radius 3 is 1.33 bits per heavy atom. The van der Waals surface area contributed by atoms with Gasteiger partial charge in [0.2, 0.25) is 11.8 Å². The molecule has 4 N–H and O–H groups in total. The second-order valence-electron chi connectivity index (χ2n) is 14.5. The fourth-order valence-electron chi connectivity index (χ4n) is 7.38. The van der Waals surface area contributed by atoms with Crippen LogP contribution in [0.1, 0.15) is 49.9 Å². The number of aromatic nitrogens is 2. The van der Waals surface area contributed by atoms with Crippen LogP contribution >= 0.6 is 35.6 Å². The van der Waals surface area contributed by atoms with Crippen molar-refractivity contribution in [3.05, 3.63) is 153 Å². The minimum absolute atomic E-state index is 0. The maximum atomic E-state index is 15.4. The van der Waals surface area contributed by atoms with E-state index < -0.39 is 0 Å². The van der Waals surface area contributed by atoms with E-state index >= 15 is 8.78 Å². The number of nitrogens with two attached hydrogens (primary N) is 2. The van der Waals surface area contributed by atoms with Crippen LogP contribution in [-0.4, -0.2) is 61.2 Å². The van der Waals surface area contributed by atoms with Crippen LogP contribution in [0, 0.1) is 11.6 Å². The average molecular weight is 920 g/mol. The fraction of sp³-hybridized carbons (Fsp3) is 0.250. The van der Waals surface area contributed by atoms with Crippen LogP contribution in [0.5, 0.6) is 11.5 Å². The SMILES string of the molecule is C.C.COc1ccc(Cc2ccc(N3CC[C@H]3C(N)=O)nc2)c(F)c1-c1cccc(Cl)c1.COc1ccc(Cc2ccc(N3CC[C@H]3C(N)=O)nc2)c(F)c1-c1cccc(Cl)c1.Cl. The molecule has 6 aromatic rings. The Bertz CT molecular complexity index is 2360. The van der Waals surface area contributed by atoms with Crippen LogP contribution in [0.15, 0.2) is 109 Å². The monoisotopic (exact) mass is 918 g/mol. The highest BCUT2D eigenvalue weighted by Gasteiger charge is 2.34. The molecular weight excluding hydrogens is 869 g/mol. The average Bonchev–Trinajstić information content (AvgIpc) is 3.19. The first-order valence-corrected chi connectivity index (χ1v) is 20.0. The van der Waals surface area contributed by atoms with Crippen LogP contribution in [0.3, 0.4) is 0 Å². The summed E-state index contributed by atoms with van der Waals surface area (Å²) < 4.78 is 41.6. The summed E-state index contributed by atoms with van der Waals surface area (Å²) >= 11 is 12.2. The van der Waals surface area contributed by atoms with Crippen LogP contribution in [0.2, 0.25) is 10.0 Å². The minimum Gasteiger partial charge on any atom is -0.496 e. The van der Waals surface area contributed by atoms with E-state index in [2.05, 4.69) is 9.97 Å². The van der Waals surface area contributed by atoms with Crippen molar-refractivity contribution >= 4 is 59.1 Å². The molecule has 0 spiro atoms. The van der Waals surface area contributed by atoms with Crippen molar-refractivity contribution < 1.29 is 27.8 Å². The molecule has 2 atom stereocenters. The van der Waals surface area contributed by atoms with Gasteiger partial charge in [0.1, 0.15) is 46.9 Å². The quantitative estimate of drug-likeness (QED) is 0.124. The lowest BCUT2D eigenvalue weighted by Gasteiger charge is -2.39. The van der Waals surface area contributed by atoms with Gasteiger partial charge < -0.3 is 30.7 Å². The number of nitrogens with zero attached hydrogens (tertiary/aromatic N) is 4. The zero-order valence-electron chi connectivity index (χ0n) is 33.3. The van der Waals surface area contributed by atoms with Gasteiger partial charge in [-0.2, -0.15) is 0 Å².